The van der Waals surface area contributed by atoms with Gasteiger partial charge < -0.3 is 19.6 Å². The molecule has 1 aliphatic rings. The maximum absolute atomic E-state index is 12.3. The van der Waals surface area contributed by atoms with Gasteiger partial charge in [0, 0.05) is 26.7 Å². The van der Waals surface area contributed by atoms with Crippen molar-refractivity contribution in [3.63, 3.8) is 0 Å². The second-order valence-corrected chi connectivity index (χ2v) is 5.35. The lowest BCUT2D eigenvalue weighted by atomic mass is 10.0. The number of hydrogen-bond acceptors (Lipinski definition) is 3. The van der Waals surface area contributed by atoms with Crippen molar-refractivity contribution in [2.24, 2.45) is 0 Å². The van der Waals surface area contributed by atoms with E-state index in [4.69, 9.17) is 9.84 Å². The minimum Gasteiger partial charge on any atom is -0.480 e. The third-order valence-corrected chi connectivity index (χ3v) is 3.76. The molecular formula is C13H24N2O4. The van der Waals surface area contributed by atoms with Crippen LogP contribution in [0.15, 0.2) is 0 Å². The van der Waals surface area contributed by atoms with E-state index in [1.165, 1.54) is 25.8 Å². The zero-order valence-corrected chi connectivity index (χ0v) is 12.2. The van der Waals surface area contributed by atoms with Crippen molar-refractivity contribution < 1.29 is 19.4 Å². The zero-order chi connectivity index (χ0) is 14.6. The predicted molar refractivity (Wildman–Crippen MR) is 71.1 cm³/mol. The number of carboxylic acid groups (broad SMARTS) is 1. The van der Waals surface area contributed by atoms with Crippen LogP contribution in [0.2, 0.25) is 0 Å². The molecule has 0 aromatic heterocycles. The molecule has 0 unspecified atom stereocenters. The normalized spacial score (nSPS) is 17.4. The Morgan fingerprint density at radius 1 is 1.37 bits per heavy atom. The molecule has 19 heavy (non-hydrogen) atoms. The topological polar surface area (TPSA) is 70.1 Å². The van der Waals surface area contributed by atoms with E-state index >= 15 is 0 Å². The summed E-state index contributed by atoms with van der Waals surface area (Å²) in [4.78, 5) is 26.4. The van der Waals surface area contributed by atoms with Gasteiger partial charge in [-0.05, 0) is 33.6 Å². The molecule has 0 spiro atoms. The highest BCUT2D eigenvalue weighted by molar-refractivity contribution is 5.85. The van der Waals surface area contributed by atoms with Crippen LogP contribution in [0.25, 0.3) is 0 Å². The molecule has 1 saturated heterocycles. The lowest BCUT2D eigenvalue weighted by Gasteiger charge is -2.38. The highest BCUT2D eigenvalue weighted by Gasteiger charge is 2.37. The molecule has 1 rings (SSSR count). The molecule has 0 radical (unpaired) electrons. The molecule has 110 valence electrons. The second-order valence-electron chi connectivity index (χ2n) is 5.35. The maximum Gasteiger partial charge on any atom is 0.329 e. The fraction of sp³-hybridized carbons (Fsp3) is 0.846. The van der Waals surface area contributed by atoms with Crippen molar-refractivity contribution in [1.82, 2.24) is 9.80 Å². The van der Waals surface area contributed by atoms with Crippen molar-refractivity contribution >= 4 is 12.0 Å². The molecule has 1 N–H and O–H groups in total. The van der Waals surface area contributed by atoms with Crippen LogP contribution in [-0.4, -0.2) is 65.3 Å². The molecule has 6 nitrogen and oxygen atoms in total. The van der Waals surface area contributed by atoms with Crippen LogP contribution in [0.3, 0.4) is 0 Å². The Bertz CT molecular complexity index is 336. The zero-order valence-electron chi connectivity index (χ0n) is 12.2. The molecule has 0 saturated carbocycles. The number of piperidine rings is 1. The lowest BCUT2D eigenvalue weighted by molar-refractivity contribution is -0.147. The van der Waals surface area contributed by atoms with E-state index in [-0.39, 0.29) is 12.1 Å². The Balaban J connectivity index is 2.58. The van der Waals surface area contributed by atoms with Crippen molar-refractivity contribution in [3.05, 3.63) is 0 Å². The number of hydrogen-bond donors (Lipinski definition) is 1. The SMILES string of the molecule is CCOC1CCN(C(=O)N(C)C(C)(C)C(=O)O)CC1. The van der Waals surface area contributed by atoms with Crippen LogP contribution in [0.5, 0.6) is 0 Å². The third kappa shape index (κ3) is 3.59. The lowest BCUT2D eigenvalue weighted by Crippen LogP contribution is -2.56. The van der Waals surface area contributed by atoms with Crippen molar-refractivity contribution in [1.29, 1.82) is 0 Å². The molecule has 0 aromatic rings. The maximum atomic E-state index is 12.3. The molecule has 6 heteroatoms. The Hall–Kier alpha value is -1.30. The molecule has 1 fully saturated rings. The summed E-state index contributed by atoms with van der Waals surface area (Å²) < 4.78 is 5.53. The van der Waals surface area contributed by atoms with Crippen LogP contribution in [0.4, 0.5) is 4.79 Å². The first kappa shape index (κ1) is 15.8. The Morgan fingerprint density at radius 2 is 1.89 bits per heavy atom. The van der Waals surface area contributed by atoms with Crippen LogP contribution in [-0.2, 0) is 9.53 Å². The average molecular weight is 272 g/mol. The van der Waals surface area contributed by atoms with Gasteiger partial charge >= 0.3 is 12.0 Å². The van der Waals surface area contributed by atoms with E-state index in [1.54, 1.807) is 4.90 Å². The summed E-state index contributed by atoms with van der Waals surface area (Å²) in [6.07, 6.45) is 1.83. The Morgan fingerprint density at radius 3 is 2.32 bits per heavy atom. The third-order valence-electron chi connectivity index (χ3n) is 3.76. The number of carboxylic acids is 1. The van der Waals surface area contributed by atoms with Gasteiger partial charge in [0.05, 0.1) is 6.10 Å². The van der Waals surface area contributed by atoms with Gasteiger partial charge in [0.2, 0.25) is 0 Å². The Kier molecular flexibility index (Phi) is 5.17. The van der Waals surface area contributed by atoms with Gasteiger partial charge in [0.25, 0.3) is 0 Å². The molecule has 1 aliphatic heterocycles. The van der Waals surface area contributed by atoms with E-state index in [1.807, 2.05) is 6.92 Å². The summed E-state index contributed by atoms with van der Waals surface area (Å²) >= 11 is 0. The fourth-order valence-electron chi connectivity index (χ4n) is 2.04. The first-order valence-electron chi connectivity index (χ1n) is 6.68. The van der Waals surface area contributed by atoms with E-state index < -0.39 is 11.5 Å². The molecule has 0 aliphatic carbocycles. The number of likely N-dealkylation sites (N-methyl/N-ethyl adjacent to an activating group) is 1. The van der Waals surface area contributed by atoms with Crippen LogP contribution >= 0.6 is 0 Å². The fourth-order valence-corrected chi connectivity index (χ4v) is 2.04. The van der Waals surface area contributed by atoms with Gasteiger partial charge in [-0.3, -0.25) is 0 Å². The average Bonchev–Trinajstić information content (AvgIpc) is 2.38. The number of carbonyl (C=O) groups excluding carboxylic acids is 1. The Labute approximate surface area is 114 Å². The molecule has 0 bridgehead atoms. The number of rotatable bonds is 4. The molecular weight excluding hydrogens is 248 g/mol. The van der Waals surface area contributed by atoms with Crippen molar-refractivity contribution in [3.8, 4) is 0 Å². The quantitative estimate of drug-likeness (QED) is 0.840. The number of carbonyl (C=O) groups is 2. The molecule has 0 aromatic carbocycles. The summed E-state index contributed by atoms with van der Waals surface area (Å²) in [5.41, 5.74) is -1.20. The number of ether oxygens (including phenoxy) is 1. The van der Waals surface area contributed by atoms with Gasteiger partial charge in [-0.1, -0.05) is 0 Å². The minimum absolute atomic E-state index is 0.215. The molecule has 0 atom stereocenters. The number of amides is 2. The number of nitrogens with zero attached hydrogens (tertiary/aromatic N) is 2. The number of urea groups is 1. The smallest absolute Gasteiger partial charge is 0.329 e. The second kappa shape index (κ2) is 6.23. The van der Waals surface area contributed by atoms with Crippen LogP contribution < -0.4 is 0 Å². The van der Waals surface area contributed by atoms with Crippen LogP contribution in [0.1, 0.15) is 33.6 Å². The largest absolute Gasteiger partial charge is 0.480 e. The van der Waals surface area contributed by atoms with Crippen molar-refractivity contribution in [2.75, 3.05) is 26.7 Å². The summed E-state index contributed by atoms with van der Waals surface area (Å²) in [6.45, 7) is 6.93. The highest BCUT2D eigenvalue weighted by atomic mass is 16.5. The van der Waals surface area contributed by atoms with E-state index in [0.29, 0.717) is 19.7 Å². The number of aliphatic carboxylic acids is 1. The summed E-state index contributed by atoms with van der Waals surface area (Å²) in [6, 6.07) is -0.234. The molecule has 1 heterocycles. The first-order valence-corrected chi connectivity index (χ1v) is 6.68. The number of likely N-dealkylation sites (tertiary alicyclic amines) is 1. The van der Waals surface area contributed by atoms with Gasteiger partial charge in [0.15, 0.2) is 0 Å². The predicted octanol–water partition coefficient (Wildman–Crippen LogP) is 1.40. The van der Waals surface area contributed by atoms with Gasteiger partial charge in [-0.25, -0.2) is 9.59 Å². The summed E-state index contributed by atoms with van der Waals surface area (Å²) in [5, 5.41) is 9.14. The van der Waals surface area contributed by atoms with E-state index in [2.05, 4.69) is 0 Å². The molecule has 2 amide bonds. The monoisotopic (exact) mass is 272 g/mol. The minimum atomic E-state index is -1.20. The van der Waals surface area contributed by atoms with Crippen LogP contribution in [0, 0.1) is 0 Å². The first-order chi connectivity index (χ1) is 8.80. The van der Waals surface area contributed by atoms with E-state index in [9.17, 15) is 9.59 Å². The highest BCUT2D eigenvalue weighted by Crippen LogP contribution is 2.19. The summed E-state index contributed by atoms with van der Waals surface area (Å²) in [7, 11) is 1.53. The van der Waals surface area contributed by atoms with Gasteiger partial charge in [-0.2, -0.15) is 0 Å². The van der Waals surface area contributed by atoms with Gasteiger partial charge in [-0.15, -0.1) is 0 Å². The standard InChI is InChI=1S/C13H24N2O4/c1-5-19-10-6-8-15(9-7-10)12(18)14(4)13(2,3)11(16)17/h10H,5-9H2,1-4H3,(H,16,17). The van der Waals surface area contributed by atoms with E-state index in [0.717, 1.165) is 12.8 Å². The van der Waals surface area contributed by atoms with Crippen molar-refractivity contribution in [2.45, 2.75) is 45.3 Å². The van der Waals surface area contributed by atoms with Gasteiger partial charge in [0.1, 0.15) is 5.54 Å². The summed E-state index contributed by atoms with van der Waals surface area (Å²) in [5.74, 6) is -1.01.